The van der Waals surface area contributed by atoms with Gasteiger partial charge in [-0.05, 0) is 39.7 Å². The molecule has 1 N–H and O–H groups in total. The molecule has 1 aliphatic carbocycles. The van der Waals surface area contributed by atoms with Crippen molar-refractivity contribution >= 4 is 0 Å². The van der Waals surface area contributed by atoms with Gasteiger partial charge in [0.2, 0.25) is 0 Å². The van der Waals surface area contributed by atoms with Crippen LogP contribution < -0.4 is 5.32 Å². The van der Waals surface area contributed by atoms with Crippen LogP contribution in [0.25, 0.3) is 0 Å². The Morgan fingerprint density at radius 1 is 1.29 bits per heavy atom. The Morgan fingerprint density at radius 2 is 1.93 bits per heavy atom. The zero-order chi connectivity index (χ0) is 10.8. The van der Waals surface area contributed by atoms with E-state index >= 15 is 0 Å². The molecule has 0 aromatic carbocycles. The summed E-state index contributed by atoms with van der Waals surface area (Å²) in [5, 5.41) is 3.41. The quantitative estimate of drug-likeness (QED) is 0.754. The van der Waals surface area contributed by atoms with E-state index in [1.165, 1.54) is 19.3 Å². The van der Waals surface area contributed by atoms with Crippen LogP contribution in [-0.4, -0.2) is 25.8 Å². The third kappa shape index (κ3) is 2.48. The van der Waals surface area contributed by atoms with Gasteiger partial charge in [0.15, 0.2) is 0 Å². The zero-order valence-corrected chi connectivity index (χ0v) is 10.3. The van der Waals surface area contributed by atoms with Crippen molar-refractivity contribution in [1.29, 1.82) is 0 Å². The summed E-state index contributed by atoms with van der Waals surface area (Å²) in [6.45, 7) is 6.88. The summed E-state index contributed by atoms with van der Waals surface area (Å²) in [7, 11) is 3.90. The third-order valence-electron chi connectivity index (χ3n) is 3.93. The maximum Gasteiger partial charge on any atom is 0.0619 e. The second kappa shape index (κ2) is 4.63. The first-order valence-corrected chi connectivity index (χ1v) is 5.73. The van der Waals surface area contributed by atoms with Crippen molar-refractivity contribution in [3.05, 3.63) is 0 Å². The molecule has 3 atom stereocenters. The normalized spacial score (nSPS) is 34.5. The molecule has 0 amide bonds. The van der Waals surface area contributed by atoms with Gasteiger partial charge < -0.3 is 10.1 Å². The fraction of sp³-hybridized carbons (Fsp3) is 1.00. The predicted octanol–water partition coefficient (Wildman–Crippen LogP) is 2.44. The highest BCUT2D eigenvalue weighted by Crippen LogP contribution is 2.36. The van der Waals surface area contributed by atoms with Crippen LogP contribution in [0.4, 0.5) is 0 Å². The molecule has 14 heavy (non-hydrogen) atoms. The summed E-state index contributed by atoms with van der Waals surface area (Å²) in [5.74, 6) is 1.47. The lowest BCUT2D eigenvalue weighted by Gasteiger charge is -2.43. The SMILES string of the molecule is CNC(C)(C)C1CCC(C)CC1OC. The van der Waals surface area contributed by atoms with Gasteiger partial charge in [-0.25, -0.2) is 0 Å². The van der Waals surface area contributed by atoms with Crippen molar-refractivity contribution in [2.75, 3.05) is 14.2 Å². The maximum atomic E-state index is 5.62. The van der Waals surface area contributed by atoms with Gasteiger partial charge in [-0.15, -0.1) is 0 Å². The molecule has 84 valence electrons. The minimum Gasteiger partial charge on any atom is -0.381 e. The number of nitrogens with one attached hydrogen (secondary N) is 1. The number of rotatable bonds is 3. The third-order valence-corrected chi connectivity index (χ3v) is 3.93. The molecule has 3 unspecified atom stereocenters. The smallest absolute Gasteiger partial charge is 0.0619 e. The van der Waals surface area contributed by atoms with E-state index in [4.69, 9.17) is 4.74 Å². The van der Waals surface area contributed by atoms with Crippen LogP contribution in [0.3, 0.4) is 0 Å². The zero-order valence-electron chi connectivity index (χ0n) is 10.3. The van der Waals surface area contributed by atoms with Crippen molar-refractivity contribution in [2.24, 2.45) is 11.8 Å². The van der Waals surface area contributed by atoms with E-state index in [2.05, 4.69) is 26.1 Å². The molecule has 0 spiro atoms. The minimum atomic E-state index is 0.195. The lowest BCUT2D eigenvalue weighted by atomic mass is 9.72. The van der Waals surface area contributed by atoms with E-state index in [1.54, 1.807) is 0 Å². The Morgan fingerprint density at radius 3 is 2.43 bits per heavy atom. The van der Waals surface area contributed by atoms with Crippen LogP contribution in [0.2, 0.25) is 0 Å². The van der Waals surface area contributed by atoms with Gasteiger partial charge in [0.05, 0.1) is 6.10 Å². The lowest BCUT2D eigenvalue weighted by Crippen LogP contribution is -2.51. The Balaban J connectivity index is 2.67. The van der Waals surface area contributed by atoms with Gasteiger partial charge in [-0.2, -0.15) is 0 Å². The molecule has 1 aliphatic rings. The van der Waals surface area contributed by atoms with E-state index in [9.17, 15) is 0 Å². The summed E-state index contributed by atoms with van der Waals surface area (Å²) >= 11 is 0. The fourth-order valence-electron chi connectivity index (χ4n) is 2.60. The molecule has 0 radical (unpaired) electrons. The molecular weight excluding hydrogens is 174 g/mol. The first kappa shape index (κ1) is 12.0. The molecule has 1 rings (SSSR count). The first-order chi connectivity index (χ1) is 6.51. The average molecular weight is 199 g/mol. The maximum absolute atomic E-state index is 5.62. The van der Waals surface area contributed by atoms with Crippen molar-refractivity contribution in [3.8, 4) is 0 Å². The summed E-state index contributed by atoms with van der Waals surface area (Å²) in [4.78, 5) is 0. The number of hydrogen-bond donors (Lipinski definition) is 1. The molecular formula is C12H25NO. The second-order valence-corrected chi connectivity index (χ2v) is 5.27. The van der Waals surface area contributed by atoms with E-state index in [-0.39, 0.29) is 5.54 Å². The molecule has 0 bridgehead atoms. The molecule has 0 heterocycles. The summed E-state index contributed by atoms with van der Waals surface area (Å²) in [6, 6.07) is 0. The Labute approximate surface area is 88.4 Å². The number of methoxy groups -OCH3 is 1. The number of ether oxygens (including phenoxy) is 1. The van der Waals surface area contributed by atoms with Crippen LogP contribution in [0, 0.1) is 11.8 Å². The summed E-state index contributed by atoms with van der Waals surface area (Å²) < 4.78 is 5.62. The fourth-order valence-corrected chi connectivity index (χ4v) is 2.60. The van der Waals surface area contributed by atoms with Crippen molar-refractivity contribution < 1.29 is 4.74 Å². The van der Waals surface area contributed by atoms with Crippen LogP contribution in [0.15, 0.2) is 0 Å². The Kier molecular flexibility index (Phi) is 3.96. The Hall–Kier alpha value is -0.0800. The molecule has 1 fully saturated rings. The predicted molar refractivity (Wildman–Crippen MR) is 60.4 cm³/mol. The summed E-state index contributed by atoms with van der Waals surface area (Å²) in [5.41, 5.74) is 0.195. The highest BCUT2D eigenvalue weighted by molar-refractivity contribution is 4.93. The van der Waals surface area contributed by atoms with Crippen LogP contribution in [-0.2, 0) is 4.74 Å². The highest BCUT2D eigenvalue weighted by atomic mass is 16.5. The van der Waals surface area contributed by atoms with Gasteiger partial charge in [-0.3, -0.25) is 0 Å². The van der Waals surface area contributed by atoms with Gasteiger partial charge in [0.1, 0.15) is 0 Å². The van der Waals surface area contributed by atoms with Crippen LogP contribution in [0.5, 0.6) is 0 Å². The molecule has 2 heteroatoms. The molecule has 0 aliphatic heterocycles. The molecule has 0 aromatic rings. The largest absolute Gasteiger partial charge is 0.381 e. The molecule has 1 saturated carbocycles. The molecule has 2 nitrogen and oxygen atoms in total. The molecule has 0 aromatic heterocycles. The monoisotopic (exact) mass is 199 g/mol. The average Bonchev–Trinajstić information content (AvgIpc) is 2.17. The van der Waals surface area contributed by atoms with Crippen molar-refractivity contribution in [3.63, 3.8) is 0 Å². The van der Waals surface area contributed by atoms with Gasteiger partial charge in [0, 0.05) is 18.6 Å². The van der Waals surface area contributed by atoms with Gasteiger partial charge in [0.25, 0.3) is 0 Å². The van der Waals surface area contributed by atoms with E-state index in [1.807, 2.05) is 14.2 Å². The standard InChI is InChI=1S/C12H25NO/c1-9-6-7-10(11(8-9)14-5)12(2,3)13-4/h9-11,13H,6-8H2,1-5H3. The number of hydrogen-bond acceptors (Lipinski definition) is 2. The van der Waals surface area contributed by atoms with E-state index < -0.39 is 0 Å². The van der Waals surface area contributed by atoms with Gasteiger partial charge >= 0.3 is 0 Å². The van der Waals surface area contributed by atoms with Crippen LogP contribution >= 0.6 is 0 Å². The first-order valence-electron chi connectivity index (χ1n) is 5.73. The second-order valence-electron chi connectivity index (χ2n) is 5.27. The summed E-state index contributed by atoms with van der Waals surface area (Å²) in [6.07, 6.45) is 4.27. The highest BCUT2D eigenvalue weighted by Gasteiger charge is 2.38. The lowest BCUT2D eigenvalue weighted by molar-refractivity contribution is -0.0237. The topological polar surface area (TPSA) is 21.3 Å². The van der Waals surface area contributed by atoms with E-state index in [0.29, 0.717) is 12.0 Å². The molecule has 0 saturated heterocycles. The van der Waals surface area contributed by atoms with Crippen LogP contribution in [0.1, 0.15) is 40.0 Å². The van der Waals surface area contributed by atoms with Crippen molar-refractivity contribution in [2.45, 2.75) is 51.7 Å². The Bertz CT molecular complexity index is 179. The van der Waals surface area contributed by atoms with Gasteiger partial charge in [-0.1, -0.05) is 13.3 Å². The minimum absolute atomic E-state index is 0.195. The van der Waals surface area contributed by atoms with E-state index in [0.717, 1.165) is 5.92 Å². The van der Waals surface area contributed by atoms with Crippen molar-refractivity contribution in [1.82, 2.24) is 5.32 Å².